The van der Waals surface area contributed by atoms with Crippen LogP contribution in [-0.2, 0) is 0 Å². The molecule has 2 aromatic carbocycles. The number of nitro benzene ring substituents is 1. The minimum Gasteiger partial charge on any atom is -0.477 e. The maximum Gasteiger partial charge on any atom is 0.341 e. The van der Waals surface area contributed by atoms with Gasteiger partial charge < -0.3 is 24.8 Å². The third kappa shape index (κ3) is 4.47. The van der Waals surface area contributed by atoms with Crippen LogP contribution >= 0.6 is 12.2 Å². The van der Waals surface area contributed by atoms with Crippen molar-refractivity contribution in [2.24, 2.45) is 0 Å². The molecule has 2 heterocycles. The molecule has 1 saturated carbocycles. The summed E-state index contributed by atoms with van der Waals surface area (Å²) in [5.41, 5.74) is 0.281. The van der Waals surface area contributed by atoms with Crippen LogP contribution < -0.4 is 15.6 Å². The molecule has 0 radical (unpaired) electrons. The predicted molar refractivity (Wildman–Crippen MR) is 136 cm³/mol. The van der Waals surface area contributed by atoms with E-state index in [1.54, 1.807) is 22.8 Å². The van der Waals surface area contributed by atoms with Crippen LogP contribution in [0.4, 0.5) is 21.5 Å². The van der Waals surface area contributed by atoms with Crippen LogP contribution in [-0.4, -0.2) is 56.8 Å². The standard InChI is InChI=1S/C24H22FN5O5S/c25-19-11-17-20(29(15-4-5-15)13-18(22(17)31)23(32)33)12-21(19)27-6-8-28(9-7-27)24(36)26-14-2-1-3-16(10-14)30(34)35/h1-3,10-13,15H,4-9H2,(H,26,36)(H,32,33). The van der Waals surface area contributed by atoms with Gasteiger partial charge in [0.25, 0.3) is 5.69 Å². The van der Waals surface area contributed by atoms with Gasteiger partial charge in [-0.15, -0.1) is 0 Å². The molecule has 0 bridgehead atoms. The Hall–Kier alpha value is -4.06. The van der Waals surface area contributed by atoms with Gasteiger partial charge in [-0.05, 0) is 43.3 Å². The van der Waals surface area contributed by atoms with E-state index in [1.807, 2.05) is 9.80 Å². The second-order valence-electron chi connectivity index (χ2n) is 8.85. The van der Waals surface area contributed by atoms with Gasteiger partial charge in [-0.1, -0.05) is 6.07 Å². The molecular formula is C24H22FN5O5S. The Morgan fingerprint density at radius 3 is 2.53 bits per heavy atom. The first-order chi connectivity index (χ1) is 17.2. The predicted octanol–water partition coefficient (Wildman–Crippen LogP) is 3.60. The van der Waals surface area contributed by atoms with Crippen molar-refractivity contribution in [2.75, 3.05) is 36.4 Å². The number of aromatic nitrogens is 1. The highest BCUT2D eigenvalue weighted by molar-refractivity contribution is 7.80. The van der Waals surface area contributed by atoms with Crippen molar-refractivity contribution in [1.82, 2.24) is 9.47 Å². The van der Waals surface area contributed by atoms with Gasteiger partial charge in [0.05, 0.1) is 16.1 Å². The highest BCUT2D eigenvalue weighted by Gasteiger charge is 2.29. The van der Waals surface area contributed by atoms with E-state index in [2.05, 4.69) is 5.32 Å². The zero-order chi connectivity index (χ0) is 25.6. The number of carboxylic acid groups (broad SMARTS) is 1. The molecule has 1 aliphatic carbocycles. The zero-order valence-electron chi connectivity index (χ0n) is 19.0. The van der Waals surface area contributed by atoms with Crippen molar-refractivity contribution in [3.63, 3.8) is 0 Å². The lowest BCUT2D eigenvalue weighted by atomic mass is 10.1. The Morgan fingerprint density at radius 2 is 1.89 bits per heavy atom. The summed E-state index contributed by atoms with van der Waals surface area (Å²) in [4.78, 5) is 38.5. The summed E-state index contributed by atoms with van der Waals surface area (Å²) in [6.45, 7) is 1.90. The molecular weight excluding hydrogens is 489 g/mol. The number of fused-ring (bicyclic) bond motifs is 1. The Kier molecular flexibility index (Phi) is 6.04. The first kappa shape index (κ1) is 23.7. The normalized spacial score (nSPS) is 15.7. The lowest BCUT2D eigenvalue weighted by Crippen LogP contribution is -2.50. The molecule has 1 aromatic heterocycles. The molecule has 36 heavy (non-hydrogen) atoms. The summed E-state index contributed by atoms with van der Waals surface area (Å²) in [5.74, 6) is -1.91. The topological polar surface area (TPSA) is 121 Å². The number of hydrogen-bond donors (Lipinski definition) is 2. The number of aromatic carboxylic acids is 1. The molecule has 10 nitrogen and oxygen atoms in total. The summed E-state index contributed by atoms with van der Waals surface area (Å²) in [6.07, 6.45) is 3.11. The van der Waals surface area contributed by atoms with Gasteiger partial charge in [-0.25, -0.2) is 9.18 Å². The first-order valence-electron chi connectivity index (χ1n) is 11.4. The van der Waals surface area contributed by atoms with Crippen LogP contribution in [0.25, 0.3) is 10.9 Å². The summed E-state index contributed by atoms with van der Waals surface area (Å²) in [7, 11) is 0. The largest absolute Gasteiger partial charge is 0.477 e. The molecule has 1 aliphatic heterocycles. The summed E-state index contributed by atoms with van der Waals surface area (Å²) in [6, 6.07) is 8.93. The number of nitro groups is 1. The Balaban J connectivity index is 1.35. The smallest absolute Gasteiger partial charge is 0.341 e. The number of nitrogens with one attached hydrogen (secondary N) is 1. The van der Waals surface area contributed by atoms with Crippen LogP contribution in [0.15, 0.2) is 47.4 Å². The number of rotatable bonds is 5. The number of carbonyl (C=O) groups is 1. The van der Waals surface area contributed by atoms with Crippen molar-refractivity contribution >= 4 is 51.3 Å². The number of piperazine rings is 1. The fraction of sp³-hybridized carbons (Fsp3) is 0.292. The molecule has 186 valence electrons. The van der Waals surface area contributed by atoms with E-state index < -0.39 is 22.1 Å². The average Bonchev–Trinajstić information content (AvgIpc) is 3.70. The summed E-state index contributed by atoms with van der Waals surface area (Å²) < 4.78 is 16.9. The zero-order valence-corrected chi connectivity index (χ0v) is 19.8. The quantitative estimate of drug-likeness (QED) is 0.301. The summed E-state index contributed by atoms with van der Waals surface area (Å²) >= 11 is 5.48. The fourth-order valence-corrected chi connectivity index (χ4v) is 4.76. The molecule has 0 amide bonds. The molecule has 12 heteroatoms. The third-order valence-corrected chi connectivity index (χ3v) is 6.85. The van der Waals surface area contributed by atoms with Crippen LogP contribution in [0.1, 0.15) is 29.2 Å². The van der Waals surface area contributed by atoms with Crippen molar-refractivity contribution in [3.05, 3.63) is 74.3 Å². The molecule has 0 atom stereocenters. The number of pyridine rings is 1. The second kappa shape index (κ2) is 9.19. The van der Waals surface area contributed by atoms with E-state index in [0.717, 1.165) is 18.9 Å². The van der Waals surface area contributed by atoms with Crippen molar-refractivity contribution in [3.8, 4) is 0 Å². The maximum absolute atomic E-state index is 15.2. The average molecular weight is 512 g/mol. The molecule has 3 aromatic rings. The van der Waals surface area contributed by atoms with E-state index >= 15 is 4.39 Å². The third-order valence-electron chi connectivity index (χ3n) is 6.49. The van der Waals surface area contributed by atoms with Crippen molar-refractivity contribution in [2.45, 2.75) is 18.9 Å². The SMILES string of the molecule is O=C(O)c1cn(C2CC2)c2cc(N3CCN(C(=S)Nc4cccc([N+](=O)[O-])c4)CC3)c(F)cc2c1=O. The monoisotopic (exact) mass is 511 g/mol. The van der Waals surface area contributed by atoms with E-state index in [4.69, 9.17) is 12.2 Å². The van der Waals surface area contributed by atoms with Gasteiger partial charge in [0.2, 0.25) is 5.43 Å². The van der Waals surface area contributed by atoms with Gasteiger partial charge in [0, 0.05) is 61.6 Å². The number of halogens is 1. The van der Waals surface area contributed by atoms with Gasteiger partial charge in [0.15, 0.2) is 5.11 Å². The number of thiocarbonyl (C=S) groups is 1. The lowest BCUT2D eigenvalue weighted by molar-refractivity contribution is -0.384. The maximum atomic E-state index is 15.2. The van der Waals surface area contributed by atoms with Gasteiger partial charge in [0.1, 0.15) is 11.4 Å². The van der Waals surface area contributed by atoms with Crippen molar-refractivity contribution < 1.29 is 19.2 Å². The number of anilines is 2. The first-order valence-corrected chi connectivity index (χ1v) is 11.8. The number of benzene rings is 2. The highest BCUT2D eigenvalue weighted by atomic mass is 32.1. The number of nitrogens with zero attached hydrogens (tertiary/aromatic N) is 4. The molecule has 0 unspecified atom stereocenters. The van der Waals surface area contributed by atoms with E-state index in [0.29, 0.717) is 48.2 Å². The number of non-ortho nitro benzene ring substituents is 1. The number of hydrogen-bond acceptors (Lipinski definition) is 6. The molecule has 5 rings (SSSR count). The number of carboxylic acids is 1. The van der Waals surface area contributed by atoms with Crippen LogP contribution in [0.2, 0.25) is 0 Å². The second-order valence-corrected chi connectivity index (χ2v) is 9.23. The molecule has 2 N–H and O–H groups in total. The molecule has 1 saturated heterocycles. The summed E-state index contributed by atoms with van der Waals surface area (Å²) in [5, 5.41) is 23.9. The van der Waals surface area contributed by atoms with Gasteiger partial charge in [-0.2, -0.15) is 0 Å². The fourth-order valence-electron chi connectivity index (χ4n) is 4.46. The van der Waals surface area contributed by atoms with Gasteiger partial charge >= 0.3 is 5.97 Å². The van der Waals surface area contributed by atoms with Crippen LogP contribution in [0.5, 0.6) is 0 Å². The minimum atomic E-state index is -1.33. The lowest BCUT2D eigenvalue weighted by Gasteiger charge is -2.37. The Bertz CT molecular complexity index is 1460. The van der Waals surface area contributed by atoms with E-state index in [9.17, 15) is 24.8 Å². The van der Waals surface area contributed by atoms with Crippen molar-refractivity contribution in [1.29, 1.82) is 0 Å². The highest BCUT2D eigenvalue weighted by Crippen LogP contribution is 2.38. The van der Waals surface area contributed by atoms with Crippen LogP contribution in [0.3, 0.4) is 0 Å². The molecule has 2 aliphatic rings. The van der Waals surface area contributed by atoms with E-state index in [1.165, 1.54) is 18.3 Å². The van der Waals surface area contributed by atoms with Gasteiger partial charge in [-0.3, -0.25) is 14.9 Å². The Labute approximate surface area is 209 Å². The van der Waals surface area contributed by atoms with Crippen LogP contribution in [0, 0.1) is 15.9 Å². The molecule has 2 fully saturated rings. The van der Waals surface area contributed by atoms with E-state index in [-0.39, 0.29) is 22.7 Å². The Morgan fingerprint density at radius 1 is 1.17 bits per heavy atom. The molecule has 0 spiro atoms. The minimum absolute atomic E-state index is 0.0421.